The Morgan fingerprint density at radius 1 is 1.53 bits per heavy atom. The van der Waals surface area contributed by atoms with Gasteiger partial charge in [-0.3, -0.25) is 4.40 Å². The van der Waals surface area contributed by atoms with Gasteiger partial charge >= 0.3 is 5.97 Å². The van der Waals surface area contributed by atoms with Crippen LogP contribution in [-0.4, -0.2) is 39.2 Å². The maximum atomic E-state index is 11.6. The molecule has 3 heterocycles. The molecule has 19 heavy (non-hydrogen) atoms. The molecule has 5 nitrogen and oxygen atoms in total. The molecule has 1 atom stereocenters. The third-order valence-electron chi connectivity index (χ3n) is 3.39. The number of esters is 1. The summed E-state index contributed by atoms with van der Waals surface area (Å²) < 4.78 is 6.64. The first kappa shape index (κ1) is 12.5. The van der Waals surface area contributed by atoms with Crippen LogP contribution in [0, 0.1) is 5.92 Å². The summed E-state index contributed by atoms with van der Waals surface area (Å²) in [5.74, 6) is 3.67. The molecule has 6 heteroatoms. The Morgan fingerprint density at radius 2 is 2.42 bits per heavy atom. The van der Waals surface area contributed by atoms with Gasteiger partial charge in [0.15, 0.2) is 5.65 Å². The van der Waals surface area contributed by atoms with Gasteiger partial charge in [-0.25, -0.2) is 4.79 Å². The Hall–Kier alpha value is -1.56. The van der Waals surface area contributed by atoms with E-state index in [4.69, 9.17) is 4.74 Å². The zero-order valence-corrected chi connectivity index (χ0v) is 11.5. The quantitative estimate of drug-likeness (QED) is 0.801. The first-order chi connectivity index (χ1) is 9.28. The number of aromatic nitrogens is 3. The van der Waals surface area contributed by atoms with Crippen LogP contribution in [0.3, 0.4) is 0 Å². The Balaban J connectivity index is 1.93. The maximum Gasteiger partial charge on any atom is 0.339 e. The minimum absolute atomic E-state index is 0.335. The number of fused-ring (bicyclic) bond motifs is 1. The number of nitrogens with zero attached hydrogens (tertiary/aromatic N) is 3. The first-order valence-electron chi connectivity index (χ1n) is 6.27. The number of hydrogen-bond acceptors (Lipinski definition) is 5. The van der Waals surface area contributed by atoms with Crippen molar-refractivity contribution in [2.45, 2.75) is 12.8 Å². The first-order valence-corrected chi connectivity index (χ1v) is 7.43. The number of hydrogen-bond donors (Lipinski definition) is 0. The summed E-state index contributed by atoms with van der Waals surface area (Å²) >= 11 is 1.99. The predicted octanol–water partition coefficient (Wildman–Crippen LogP) is 1.81. The molecule has 0 spiro atoms. The lowest BCUT2D eigenvalue weighted by Crippen LogP contribution is -2.08. The third-order valence-corrected chi connectivity index (χ3v) is 4.62. The van der Waals surface area contributed by atoms with E-state index in [1.807, 2.05) is 16.2 Å². The normalized spacial score (nSPS) is 18.9. The molecule has 1 saturated heterocycles. The summed E-state index contributed by atoms with van der Waals surface area (Å²) in [4.78, 5) is 11.6. The number of ether oxygens (including phenoxy) is 1. The van der Waals surface area contributed by atoms with Crippen LogP contribution in [0.5, 0.6) is 0 Å². The highest BCUT2D eigenvalue weighted by Crippen LogP contribution is 2.26. The van der Waals surface area contributed by atoms with Crippen LogP contribution < -0.4 is 0 Å². The monoisotopic (exact) mass is 277 g/mol. The lowest BCUT2D eigenvalue weighted by atomic mass is 10.1. The van der Waals surface area contributed by atoms with Crippen molar-refractivity contribution >= 4 is 23.4 Å². The number of pyridine rings is 1. The van der Waals surface area contributed by atoms with Gasteiger partial charge in [-0.15, -0.1) is 10.2 Å². The Bertz CT molecular complexity index is 605. The van der Waals surface area contributed by atoms with E-state index in [1.165, 1.54) is 25.0 Å². The second-order valence-electron chi connectivity index (χ2n) is 4.69. The van der Waals surface area contributed by atoms with Crippen LogP contribution >= 0.6 is 11.8 Å². The van der Waals surface area contributed by atoms with Gasteiger partial charge in [0.2, 0.25) is 0 Å². The fourth-order valence-corrected chi connectivity index (χ4v) is 3.60. The molecule has 1 fully saturated rings. The van der Waals surface area contributed by atoms with E-state index in [0.29, 0.717) is 11.5 Å². The molecule has 0 aliphatic carbocycles. The van der Waals surface area contributed by atoms with Crippen molar-refractivity contribution in [1.82, 2.24) is 14.6 Å². The van der Waals surface area contributed by atoms with Gasteiger partial charge in [-0.2, -0.15) is 11.8 Å². The van der Waals surface area contributed by atoms with Crippen LogP contribution in [0.2, 0.25) is 0 Å². The minimum atomic E-state index is -0.335. The van der Waals surface area contributed by atoms with Crippen molar-refractivity contribution in [1.29, 1.82) is 0 Å². The van der Waals surface area contributed by atoms with E-state index in [-0.39, 0.29) is 5.97 Å². The van der Waals surface area contributed by atoms with Crippen molar-refractivity contribution in [3.05, 3.63) is 29.7 Å². The van der Waals surface area contributed by atoms with Gasteiger partial charge in [0, 0.05) is 12.6 Å². The molecule has 3 rings (SSSR count). The molecule has 2 aromatic rings. The lowest BCUT2D eigenvalue weighted by molar-refractivity contribution is 0.0600. The van der Waals surface area contributed by atoms with E-state index in [2.05, 4.69) is 10.2 Å². The van der Waals surface area contributed by atoms with Crippen molar-refractivity contribution < 1.29 is 9.53 Å². The smallest absolute Gasteiger partial charge is 0.339 e. The van der Waals surface area contributed by atoms with Gasteiger partial charge < -0.3 is 4.74 Å². The molecular weight excluding hydrogens is 262 g/mol. The molecule has 2 aromatic heterocycles. The number of carbonyl (C=O) groups excluding carboxylic acids is 1. The molecule has 1 aliphatic rings. The highest BCUT2D eigenvalue weighted by molar-refractivity contribution is 7.99. The summed E-state index contributed by atoms with van der Waals surface area (Å²) in [7, 11) is 1.38. The van der Waals surface area contributed by atoms with E-state index in [1.54, 1.807) is 18.3 Å². The number of carbonyl (C=O) groups is 1. The van der Waals surface area contributed by atoms with Gasteiger partial charge in [-0.05, 0) is 36.0 Å². The fourth-order valence-electron chi connectivity index (χ4n) is 2.32. The highest BCUT2D eigenvalue weighted by Gasteiger charge is 2.19. The Morgan fingerprint density at radius 3 is 3.16 bits per heavy atom. The molecule has 0 amide bonds. The second-order valence-corrected chi connectivity index (χ2v) is 5.84. The summed E-state index contributed by atoms with van der Waals surface area (Å²) in [5, 5.41) is 8.38. The molecule has 1 aliphatic heterocycles. The van der Waals surface area contributed by atoms with E-state index < -0.39 is 0 Å². The lowest BCUT2D eigenvalue weighted by Gasteiger charge is -2.06. The van der Waals surface area contributed by atoms with Gasteiger partial charge in [0.05, 0.1) is 12.7 Å². The van der Waals surface area contributed by atoms with Crippen molar-refractivity contribution in [3.63, 3.8) is 0 Å². The molecular formula is C13H15N3O2S. The fraction of sp³-hybridized carbons (Fsp3) is 0.462. The van der Waals surface area contributed by atoms with E-state index in [9.17, 15) is 4.79 Å². The van der Waals surface area contributed by atoms with Crippen LogP contribution in [0.15, 0.2) is 18.3 Å². The molecule has 1 unspecified atom stereocenters. The van der Waals surface area contributed by atoms with Gasteiger partial charge in [0.25, 0.3) is 0 Å². The average molecular weight is 277 g/mol. The van der Waals surface area contributed by atoms with Crippen molar-refractivity contribution in [3.8, 4) is 0 Å². The zero-order valence-electron chi connectivity index (χ0n) is 10.7. The molecule has 0 saturated carbocycles. The van der Waals surface area contributed by atoms with Gasteiger partial charge in [0.1, 0.15) is 5.82 Å². The summed E-state index contributed by atoms with van der Waals surface area (Å²) in [6, 6.07) is 3.51. The number of thioether (sulfide) groups is 1. The Kier molecular flexibility index (Phi) is 3.42. The third kappa shape index (κ3) is 2.45. The molecule has 0 N–H and O–H groups in total. The number of rotatable bonds is 3. The summed E-state index contributed by atoms with van der Waals surface area (Å²) in [6.45, 7) is 0. The largest absolute Gasteiger partial charge is 0.465 e. The van der Waals surface area contributed by atoms with Crippen LogP contribution in [0.25, 0.3) is 5.65 Å². The summed E-state index contributed by atoms with van der Waals surface area (Å²) in [5.41, 5.74) is 1.30. The predicted molar refractivity (Wildman–Crippen MR) is 73.5 cm³/mol. The van der Waals surface area contributed by atoms with E-state index in [0.717, 1.165) is 17.9 Å². The van der Waals surface area contributed by atoms with Crippen LogP contribution in [0.1, 0.15) is 22.6 Å². The standard InChI is InChI=1S/C13H15N3O2S/c1-18-13(17)10-2-3-11-14-15-12(16(11)7-10)6-9-4-5-19-8-9/h2-3,7,9H,4-6,8H2,1H3. The zero-order chi connectivity index (χ0) is 13.2. The maximum absolute atomic E-state index is 11.6. The highest BCUT2D eigenvalue weighted by atomic mass is 32.2. The topological polar surface area (TPSA) is 56.5 Å². The average Bonchev–Trinajstić information content (AvgIpc) is 3.08. The SMILES string of the molecule is COC(=O)c1ccc2nnc(CC3CCSC3)n2c1. The van der Waals surface area contributed by atoms with Crippen molar-refractivity contribution in [2.24, 2.45) is 5.92 Å². The molecule has 0 bridgehead atoms. The minimum Gasteiger partial charge on any atom is -0.465 e. The second kappa shape index (κ2) is 5.21. The molecule has 0 radical (unpaired) electrons. The summed E-state index contributed by atoms with van der Waals surface area (Å²) in [6.07, 6.45) is 3.91. The van der Waals surface area contributed by atoms with Crippen LogP contribution in [-0.2, 0) is 11.2 Å². The van der Waals surface area contributed by atoms with Gasteiger partial charge in [-0.1, -0.05) is 0 Å². The van der Waals surface area contributed by atoms with Crippen molar-refractivity contribution in [2.75, 3.05) is 18.6 Å². The van der Waals surface area contributed by atoms with Crippen LogP contribution in [0.4, 0.5) is 0 Å². The molecule has 0 aromatic carbocycles. The van der Waals surface area contributed by atoms with E-state index >= 15 is 0 Å². The Labute approximate surface area is 115 Å². The number of methoxy groups -OCH3 is 1. The molecule has 100 valence electrons.